The second-order valence-electron chi connectivity index (χ2n) is 8.50. The number of halogens is 3. The number of anilines is 2. The summed E-state index contributed by atoms with van der Waals surface area (Å²) in [5.74, 6) is -2.64. The lowest BCUT2D eigenvalue weighted by molar-refractivity contribution is -0.192. The molecule has 0 radical (unpaired) electrons. The number of rotatable bonds is 3. The van der Waals surface area contributed by atoms with Gasteiger partial charge in [0.2, 0.25) is 5.91 Å². The summed E-state index contributed by atoms with van der Waals surface area (Å²) in [6.07, 6.45) is -3.24. The molecule has 8 nitrogen and oxygen atoms in total. The molecular weight excluding hydrogens is 485 g/mol. The summed E-state index contributed by atoms with van der Waals surface area (Å²) in [5, 5.41) is 14.1. The number of alkyl halides is 3. The van der Waals surface area contributed by atoms with Crippen molar-refractivity contribution in [3.8, 4) is 0 Å². The number of nitrogens with zero attached hydrogens (tertiary/aromatic N) is 3. The Morgan fingerprint density at radius 2 is 1.83 bits per heavy atom. The summed E-state index contributed by atoms with van der Waals surface area (Å²) in [7, 11) is 1.99. The number of hydrogen-bond acceptors (Lipinski definition) is 5. The van der Waals surface area contributed by atoms with Crippen molar-refractivity contribution in [2.45, 2.75) is 31.5 Å². The molecule has 2 saturated heterocycles. The fourth-order valence-corrected chi connectivity index (χ4v) is 4.74. The Hall–Kier alpha value is -3.12. The summed E-state index contributed by atoms with van der Waals surface area (Å²) < 4.78 is 31.7. The Morgan fingerprint density at radius 1 is 1.17 bits per heavy atom. The average Bonchev–Trinajstić information content (AvgIpc) is 3.48. The van der Waals surface area contributed by atoms with E-state index in [1.54, 1.807) is 11.3 Å². The minimum absolute atomic E-state index is 0.0755. The van der Waals surface area contributed by atoms with Crippen LogP contribution in [0.4, 0.5) is 29.3 Å². The molecule has 1 spiro atoms. The molecular formula is C23H27F3N4O4S. The highest BCUT2D eigenvalue weighted by atomic mass is 32.1. The topological polar surface area (TPSA) is 93.2 Å². The molecule has 2 aromatic rings. The maximum atomic E-state index is 12.8. The van der Waals surface area contributed by atoms with E-state index in [1.807, 2.05) is 57.9 Å². The Morgan fingerprint density at radius 3 is 2.37 bits per heavy atom. The van der Waals surface area contributed by atoms with Crippen molar-refractivity contribution in [1.29, 1.82) is 0 Å². The smallest absolute Gasteiger partial charge is 0.475 e. The van der Waals surface area contributed by atoms with Crippen LogP contribution in [0.1, 0.15) is 18.9 Å². The van der Waals surface area contributed by atoms with Crippen molar-refractivity contribution >= 4 is 40.6 Å². The first-order valence-corrected chi connectivity index (χ1v) is 11.9. The standard InChI is InChI=1S/C21H26N4O2S.C2HF3O2/c1-3-16-4-6-17(7-5-16)22-20(27)24-10-9-21(14-24)15-25(18-8-11-28-13-18)19(26)12-23(21)2;3-2(4,5)1(6)7/h4-8,11,13H,3,9-10,12,14-15H2,1-2H3,(H,22,27);(H,6,7). The van der Waals surface area contributed by atoms with E-state index in [4.69, 9.17) is 9.90 Å². The first kappa shape index (κ1) is 26.5. The van der Waals surface area contributed by atoms with Crippen LogP contribution in [0.2, 0.25) is 0 Å². The van der Waals surface area contributed by atoms with Gasteiger partial charge in [-0.2, -0.15) is 24.5 Å². The lowest BCUT2D eigenvalue weighted by Gasteiger charge is -2.46. The van der Waals surface area contributed by atoms with E-state index in [0.717, 1.165) is 24.2 Å². The third-order valence-electron chi connectivity index (χ3n) is 6.23. The number of piperazine rings is 1. The number of likely N-dealkylation sites (tertiary alicyclic amines) is 1. The number of carboxylic acid groups (broad SMARTS) is 1. The van der Waals surface area contributed by atoms with Gasteiger partial charge in [0.25, 0.3) is 0 Å². The third kappa shape index (κ3) is 6.31. The highest BCUT2D eigenvalue weighted by Crippen LogP contribution is 2.34. The summed E-state index contributed by atoms with van der Waals surface area (Å²) in [4.78, 5) is 40.1. The van der Waals surface area contributed by atoms with Gasteiger partial charge in [0.05, 0.1) is 17.8 Å². The molecule has 0 aliphatic carbocycles. The Bertz CT molecular complexity index is 1050. The number of urea groups is 1. The van der Waals surface area contributed by atoms with Gasteiger partial charge < -0.3 is 20.2 Å². The van der Waals surface area contributed by atoms with E-state index in [2.05, 4.69) is 17.1 Å². The Kier molecular flexibility index (Phi) is 8.06. The van der Waals surface area contributed by atoms with Gasteiger partial charge in [-0.15, -0.1) is 0 Å². The Balaban J connectivity index is 0.000000429. The highest BCUT2D eigenvalue weighted by molar-refractivity contribution is 7.08. The van der Waals surface area contributed by atoms with E-state index in [-0.39, 0.29) is 17.5 Å². The molecule has 12 heteroatoms. The molecule has 1 atom stereocenters. The van der Waals surface area contributed by atoms with Crippen LogP contribution in [0.15, 0.2) is 41.1 Å². The molecule has 2 N–H and O–H groups in total. The normalized spacial score (nSPS) is 20.5. The van der Waals surface area contributed by atoms with Gasteiger partial charge in [-0.05, 0) is 49.0 Å². The summed E-state index contributed by atoms with van der Waals surface area (Å²) in [5.41, 5.74) is 2.83. The summed E-state index contributed by atoms with van der Waals surface area (Å²) in [6, 6.07) is 9.90. The number of carbonyl (C=O) groups is 3. The van der Waals surface area contributed by atoms with Crippen LogP contribution in [0.25, 0.3) is 0 Å². The molecule has 0 bridgehead atoms. The predicted octanol–water partition coefficient (Wildman–Crippen LogP) is 3.90. The minimum Gasteiger partial charge on any atom is -0.475 e. The zero-order valence-corrected chi connectivity index (χ0v) is 20.2. The highest BCUT2D eigenvalue weighted by Gasteiger charge is 2.48. The van der Waals surface area contributed by atoms with Crippen molar-refractivity contribution < 1.29 is 32.7 Å². The molecule has 2 aliphatic heterocycles. The molecule has 35 heavy (non-hydrogen) atoms. The average molecular weight is 513 g/mol. The zero-order valence-electron chi connectivity index (χ0n) is 19.3. The van der Waals surface area contributed by atoms with Crippen LogP contribution in [0.3, 0.4) is 0 Å². The molecule has 0 saturated carbocycles. The maximum Gasteiger partial charge on any atom is 0.490 e. The van der Waals surface area contributed by atoms with Gasteiger partial charge in [-0.25, -0.2) is 9.59 Å². The third-order valence-corrected chi connectivity index (χ3v) is 6.90. The molecule has 1 aromatic carbocycles. The van der Waals surface area contributed by atoms with Crippen LogP contribution in [-0.2, 0) is 16.0 Å². The van der Waals surface area contributed by atoms with Gasteiger partial charge in [-0.3, -0.25) is 9.69 Å². The number of carbonyl (C=O) groups excluding carboxylic acids is 2. The number of aryl methyl sites for hydroxylation is 1. The number of hydrogen-bond donors (Lipinski definition) is 2. The van der Waals surface area contributed by atoms with Gasteiger partial charge >= 0.3 is 18.2 Å². The van der Waals surface area contributed by atoms with Crippen LogP contribution in [0, 0.1) is 0 Å². The SMILES string of the molecule is CCc1ccc(NC(=O)N2CCC3(C2)CN(c2ccsc2)C(=O)CN3C)cc1.O=C(O)C(F)(F)F. The van der Waals surface area contributed by atoms with Crippen LogP contribution < -0.4 is 10.2 Å². The molecule has 3 amide bonds. The number of thiophene rings is 1. The number of carboxylic acids is 1. The van der Waals surface area contributed by atoms with Crippen LogP contribution in [-0.4, -0.2) is 77.8 Å². The van der Waals surface area contributed by atoms with E-state index >= 15 is 0 Å². The monoisotopic (exact) mass is 512 g/mol. The number of amides is 3. The number of benzene rings is 1. The molecule has 2 aliphatic rings. The number of aliphatic carboxylic acids is 1. The summed E-state index contributed by atoms with van der Waals surface area (Å²) >= 11 is 1.59. The molecule has 3 heterocycles. The number of likely N-dealkylation sites (N-methyl/N-ethyl adjacent to an activating group) is 1. The zero-order chi connectivity index (χ0) is 25.8. The largest absolute Gasteiger partial charge is 0.490 e. The summed E-state index contributed by atoms with van der Waals surface area (Å²) in [6.45, 7) is 4.42. The lowest BCUT2D eigenvalue weighted by Crippen LogP contribution is -2.64. The second kappa shape index (κ2) is 10.6. The Labute approximate surface area is 204 Å². The minimum atomic E-state index is -5.08. The van der Waals surface area contributed by atoms with Crippen LogP contribution in [0.5, 0.6) is 0 Å². The lowest BCUT2D eigenvalue weighted by atomic mass is 9.93. The van der Waals surface area contributed by atoms with E-state index in [9.17, 15) is 22.8 Å². The van der Waals surface area contributed by atoms with Gasteiger partial charge in [0.1, 0.15) is 0 Å². The second-order valence-corrected chi connectivity index (χ2v) is 9.28. The van der Waals surface area contributed by atoms with Crippen molar-refractivity contribution in [3.63, 3.8) is 0 Å². The fraction of sp³-hybridized carbons (Fsp3) is 0.435. The quantitative estimate of drug-likeness (QED) is 0.651. The molecule has 1 unspecified atom stereocenters. The first-order chi connectivity index (χ1) is 16.4. The molecule has 4 rings (SSSR count). The van der Waals surface area contributed by atoms with Crippen molar-refractivity contribution in [3.05, 3.63) is 46.7 Å². The van der Waals surface area contributed by atoms with Gasteiger partial charge in [-0.1, -0.05) is 19.1 Å². The van der Waals surface area contributed by atoms with Crippen molar-refractivity contribution in [2.75, 3.05) is 43.4 Å². The van der Waals surface area contributed by atoms with E-state index in [1.165, 1.54) is 5.56 Å². The number of nitrogens with one attached hydrogen (secondary N) is 1. The van der Waals surface area contributed by atoms with Gasteiger partial charge in [0, 0.05) is 30.7 Å². The van der Waals surface area contributed by atoms with Crippen molar-refractivity contribution in [1.82, 2.24) is 9.80 Å². The van der Waals surface area contributed by atoms with Crippen LogP contribution >= 0.6 is 11.3 Å². The molecule has 1 aromatic heterocycles. The van der Waals surface area contributed by atoms with Gasteiger partial charge in [0.15, 0.2) is 0 Å². The van der Waals surface area contributed by atoms with Crippen molar-refractivity contribution in [2.24, 2.45) is 0 Å². The maximum absolute atomic E-state index is 12.8. The van der Waals surface area contributed by atoms with E-state index < -0.39 is 12.1 Å². The predicted molar refractivity (Wildman–Crippen MR) is 127 cm³/mol. The molecule has 2 fully saturated rings. The first-order valence-electron chi connectivity index (χ1n) is 10.9. The molecule has 190 valence electrons. The fourth-order valence-electron chi connectivity index (χ4n) is 4.10. The van der Waals surface area contributed by atoms with E-state index in [0.29, 0.717) is 26.2 Å².